The second-order valence-corrected chi connectivity index (χ2v) is 4.01. The summed E-state index contributed by atoms with van der Waals surface area (Å²) < 4.78 is 24.4. The number of aromatic nitrogens is 2. The Kier molecular flexibility index (Phi) is 5.74. The third-order valence-electron chi connectivity index (χ3n) is 2.47. The van der Waals surface area contributed by atoms with E-state index >= 15 is 0 Å². The normalized spacial score (nSPS) is 10.8. The van der Waals surface area contributed by atoms with Crippen LogP contribution in [0.4, 0.5) is 20.4 Å². The highest BCUT2D eigenvalue weighted by Gasteiger charge is 2.11. The summed E-state index contributed by atoms with van der Waals surface area (Å²) in [4.78, 5) is 8.60. The van der Waals surface area contributed by atoms with Gasteiger partial charge in [-0.1, -0.05) is 13.8 Å². The van der Waals surface area contributed by atoms with Gasteiger partial charge in [0.2, 0.25) is 0 Å². The zero-order chi connectivity index (χ0) is 13.5. The van der Waals surface area contributed by atoms with Crippen LogP contribution >= 0.6 is 0 Å². The van der Waals surface area contributed by atoms with Crippen molar-refractivity contribution in [2.75, 3.05) is 23.7 Å². The molecule has 0 bridgehead atoms. The second kappa shape index (κ2) is 7.08. The summed E-state index contributed by atoms with van der Waals surface area (Å²) in [5.74, 6) is 1.86. The molecule has 2 N–H and O–H groups in total. The van der Waals surface area contributed by atoms with Gasteiger partial charge in [0.15, 0.2) is 0 Å². The van der Waals surface area contributed by atoms with Gasteiger partial charge in [-0.05, 0) is 13.3 Å². The van der Waals surface area contributed by atoms with Crippen molar-refractivity contribution in [2.45, 2.75) is 40.0 Å². The van der Waals surface area contributed by atoms with Crippen LogP contribution in [0, 0.1) is 6.92 Å². The van der Waals surface area contributed by atoms with E-state index in [0.29, 0.717) is 18.1 Å². The average molecular weight is 258 g/mol. The Labute approximate surface area is 106 Å². The Balaban J connectivity index is 2.92. The number of nitrogens with zero attached hydrogens (tertiary/aromatic N) is 2. The van der Waals surface area contributed by atoms with Crippen LogP contribution in [0.2, 0.25) is 0 Å². The van der Waals surface area contributed by atoms with Crippen LogP contribution in [0.15, 0.2) is 0 Å². The van der Waals surface area contributed by atoms with Crippen molar-refractivity contribution in [3.63, 3.8) is 0 Å². The molecule has 18 heavy (non-hydrogen) atoms. The molecule has 0 aliphatic rings. The van der Waals surface area contributed by atoms with Crippen molar-refractivity contribution in [3.05, 3.63) is 11.4 Å². The molecule has 0 unspecified atom stereocenters. The quantitative estimate of drug-likeness (QED) is 0.789. The molecule has 1 aromatic rings. The molecule has 0 amide bonds. The van der Waals surface area contributed by atoms with Crippen LogP contribution < -0.4 is 10.6 Å². The van der Waals surface area contributed by atoms with Gasteiger partial charge in [0, 0.05) is 18.5 Å². The Morgan fingerprint density at radius 1 is 1.11 bits per heavy atom. The zero-order valence-electron chi connectivity index (χ0n) is 11.1. The van der Waals surface area contributed by atoms with Gasteiger partial charge >= 0.3 is 0 Å². The lowest BCUT2D eigenvalue weighted by Gasteiger charge is -2.14. The summed E-state index contributed by atoms with van der Waals surface area (Å²) >= 11 is 0. The van der Waals surface area contributed by atoms with Gasteiger partial charge in [-0.2, -0.15) is 0 Å². The Morgan fingerprint density at radius 2 is 1.72 bits per heavy atom. The molecule has 0 spiro atoms. The fourth-order valence-corrected chi connectivity index (χ4v) is 1.48. The van der Waals surface area contributed by atoms with Crippen molar-refractivity contribution in [1.82, 2.24) is 9.97 Å². The van der Waals surface area contributed by atoms with E-state index in [-0.39, 0.29) is 0 Å². The molecule has 1 aromatic heterocycles. The molecule has 0 atom stereocenters. The van der Waals surface area contributed by atoms with Gasteiger partial charge in [0.25, 0.3) is 6.43 Å². The Hall–Kier alpha value is -1.46. The molecule has 4 nitrogen and oxygen atoms in total. The summed E-state index contributed by atoms with van der Waals surface area (Å²) in [6, 6.07) is 0. The number of rotatable bonds is 7. The predicted octanol–water partition coefficient (Wildman–Crippen LogP) is 2.85. The highest BCUT2D eigenvalue weighted by molar-refractivity contribution is 5.57. The van der Waals surface area contributed by atoms with Gasteiger partial charge < -0.3 is 10.6 Å². The fraction of sp³-hybridized carbons (Fsp3) is 0.667. The van der Waals surface area contributed by atoms with E-state index in [1.54, 1.807) is 0 Å². The third-order valence-corrected chi connectivity index (χ3v) is 2.47. The minimum absolute atomic E-state index is 0.395. The van der Waals surface area contributed by atoms with E-state index < -0.39 is 13.0 Å². The molecular weight excluding hydrogens is 238 g/mol. The Bertz CT molecular complexity index is 383. The molecule has 1 heterocycles. The number of halogens is 2. The lowest BCUT2D eigenvalue weighted by Crippen LogP contribution is -2.15. The van der Waals surface area contributed by atoms with E-state index in [1.807, 2.05) is 13.8 Å². The molecule has 102 valence electrons. The van der Waals surface area contributed by atoms with Gasteiger partial charge in [0.05, 0.1) is 6.54 Å². The average Bonchev–Trinajstić information content (AvgIpc) is 2.35. The highest BCUT2D eigenvalue weighted by atomic mass is 19.3. The van der Waals surface area contributed by atoms with Gasteiger partial charge in [-0.3, -0.25) is 0 Å². The van der Waals surface area contributed by atoms with Gasteiger partial charge in [-0.15, -0.1) is 0 Å². The fourth-order valence-electron chi connectivity index (χ4n) is 1.48. The molecular formula is C12H20F2N4. The number of anilines is 2. The molecule has 0 aliphatic heterocycles. The number of hydrogen-bond acceptors (Lipinski definition) is 4. The van der Waals surface area contributed by atoms with Crippen molar-refractivity contribution in [2.24, 2.45) is 0 Å². The number of nitrogens with one attached hydrogen (secondary N) is 2. The maximum absolute atomic E-state index is 12.2. The maximum Gasteiger partial charge on any atom is 0.255 e. The number of alkyl halides is 2. The molecule has 0 radical (unpaired) electrons. The summed E-state index contributed by atoms with van der Waals surface area (Å²) in [6.45, 7) is 6.22. The molecule has 0 saturated heterocycles. The second-order valence-electron chi connectivity index (χ2n) is 4.01. The van der Waals surface area contributed by atoms with E-state index in [1.165, 1.54) is 0 Å². The van der Waals surface area contributed by atoms with E-state index in [0.717, 1.165) is 24.3 Å². The minimum Gasteiger partial charge on any atom is -0.370 e. The third kappa shape index (κ3) is 4.09. The summed E-state index contributed by atoms with van der Waals surface area (Å²) in [7, 11) is 0. The summed E-state index contributed by atoms with van der Waals surface area (Å²) in [5.41, 5.74) is 0.779. The monoisotopic (exact) mass is 258 g/mol. The predicted molar refractivity (Wildman–Crippen MR) is 69.4 cm³/mol. The van der Waals surface area contributed by atoms with Crippen LogP contribution in [0.25, 0.3) is 0 Å². The maximum atomic E-state index is 12.2. The molecule has 0 aromatic carbocycles. The van der Waals surface area contributed by atoms with Crippen molar-refractivity contribution >= 4 is 11.6 Å². The molecule has 0 saturated carbocycles. The van der Waals surface area contributed by atoms with Crippen molar-refractivity contribution < 1.29 is 8.78 Å². The highest BCUT2D eigenvalue weighted by Crippen LogP contribution is 2.20. The first-order chi connectivity index (χ1) is 8.58. The first kappa shape index (κ1) is 14.6. The van der Waals surface area contributed by atoms with Crippen LogP contribution in [0.3, 0.4) is 0 Å². The molecule has 6 heteroatoms. The first-order valence-corrected chi connectivity index (χ1v) is 6.21. The topological polar surface area (TPSA) is 49.8 Å². The number of hydrogen-bond donors (Lipinski definition) is 2. The lowest BCUT2D eigenvalue weighted by molar-refractivity contribution is 0.163. The van der Waals surface area contributed by atoms with Crippen molar-refractivity contribution in [1.29, 1.82) is 0 Å². The zero-order valence-corrected chi connectivity index (χ0v) is 11.1. The van der Waals surface area contributed by atoms with Crippen molar-refractivity contribution in [3.8, 4) is 0 Å². The van der Waals surface area contributed by atoms with Gasteiger partial charge in [0.1, 0.15) is 17.5 Å². The first-order valence-electron chi connectivity index (χ1n) is 6.21. The van der Waals surface area contributed by atoms with E-state index in [9.17, 15) is 8.78 Å². The summed E-state index contributed by atoms with van der Waals surface area (Å²) in [5, 5.41) is 5.85. The molecule has 1 rings (SSSR count). The van der Waals surface area contributed by atoms with E-state index in [2.05, 4.69) is 27.5 Å². The summed E-state index contributed by atoms with van der Waals surface area (Å²) in [6.07, 6.45) is -0.744. The number of aryl methyl sites for hydroxylation is 1. The Morgan fingerprint density at radius 3 is 2.22 bits per heavy atom. The molecule has 0 fully saturated rings. The SMILES string of the molecule is CCCNc1nc(CC)nc(NCC(F)F)c1C. The molecule has 0 aliphatic carbocycles. The van der Waals surface area contributed by atoms with Crippen LogP contribution in [0.1, 0.15) is 31.7 Å². The van der Waals surface area contributed by atoms with Crippen LogP contribution in [0.5, 0.6) is 0 Å². The lowest BCUT2D eigenvalue weighted by atomic mass is 10.2. The van der Waals surface area contributed by atoms with Crippen LogP contribution in [-0.2, 0) is 6.42 Å². The van der Waals surface area contributed by atoms with Gasteiger partial charge in [-0.25, -0.2) is 18.7 Å². The van der Waals surface area contributed by atoms with Crippen LogP contribution in [-0.4, -0.2) is 29.5 Å². The largest absolute Gasteiger partial charge is 0.370 e. The smallest absolute Gasteiger partial charge is 0.255 e. The minimum atomic E-state index is -2.39. The van der Waals surface area contributed by atoms with E-state index in [4.69, 9.17) is 0 Å². The standard InChI is InChI=1S/C12H20F2N4/c1-4-6-15-11-8(3)12(16-7-9(13)14)18-10(5-2)17-11/h9H,4-7H2,1-3H3,(H2,15,16,17,18).